The zero-order chi connectivity index (χ0) is 14.8. The number of hydrogen-bond donors (Lipinski definition) is 0. The van der Waals surface area contributed by atoms with E-state index in [9.17, 15) is 4.79 Å². The maximum absolute atomic E-state index is 11.4. The van der Waals surface area contributed by atoms with Gasteiger partial charge >= 0.3 is 0 Å². The van der Waals surface area contributed by atoms with Gasteiger partial charge in [-0.1, -0.05) is 31.4 Å². The van der Waals surface area contributed by atoms with Crippen LogP contribution in [0.3, 0.4) is 0 Å². The monoisotopic (exact) mass is 282 g/mol. The minimum Gasteiger partial charge on any atom is -0.298 e. The first-order chi connectivity index (χ1) is 10.2. The summed E-state index contributed by atoms with van der Waals surface area (Å²) in [5, 5.41) is 4.73. The van der Waals surface area contributed by atoms with Crippen LogP contribution in [0.25, 0.3) is 11.3 Å². The minimum atomic E-state index is 0.456. The molecule has 1 aromatic carbocycles. The third kappa shape index (κ3) is 2.78. The molecule has 3 heteroatoms. The molecule has 1 saturated carbocycles. The highest BCUT2D eigenvalue weighted by Gasteiger charge is 2.19. The van der Waals surface area contributed by atoms with Crippen molar-refractivity contribution in [3.63, 3.8) is 0 Å². The summed E-state index contributed by atoms with van der Waals surface area (Å²) < 4.78 is 2.02. The number of aryl methyl sites for hydroxylation is 2. The van der Waals surface area contributed by atoms with Crippen molar-refractivity contribution in [2.75, 3.05) is 0 Å². The minimum absolute atomic E-state index is 0.456. The first-order valence-corrected chi connectivity index (χ1v) is 7.81. The lowest BCUT2D eigenvalue weighted by Gasteiger charge is -2.21. The molecule has 0 radical (unpaired) electrons. The molecule has 3 nitrogen and oxygen atoms in total. The van der Waals surface area contributed by atoms with Crippen molar-refractivity contribution in [2.24, 2.45) is 0 Å². The summed E-state index contributed by atoms with van der Waals surface area (Å²) >= 11 is 0. The second kappa shape index (κ2) is 5.84. The van der Waals surface area contributed by atoms with Gasteiger partial charge in [0.05, 0.1) is 11.6 Å². The summed E-state index contributed by atoms with van der Waals surface area (Å²) in [4.78, 5) is 11.4. The second-order valence-electron chi connectivity index (χ2n) is 6.12. The zero-order valence-corrected chi connectivity index (χ0v) is 12.8. The van der Waals surface area contributed by atoms with E-state index in [2.05, 4.69) is 32.0 Å². The average Bonchev–Trinajstić information content (AvgIpc) is 2.95. The topological polar surface area (TPSA) is 34.9 Å². The molecule has 110 valence electrons. The largest absolute Gasteiger partial charge is 0.298 e. The fourth-order valence-electron chi connectivity index (χ4n) is 3.14. The smallest absolute Gasteiger partial charge is 0.153 e. The van der Waals surface area contributed by atoms with E-state index >= 15 is 0 Å². The van der Waals surface area contributed by atoms with Crippen molar-refractivity contribution in [3.8, 4) is 11.3 Å². The van der Waals surface area contributed by atoms with Crippen LogP contribution in [0, 0.1) is 13.8 Å². The van der Waals surface area contributed by atoms with Gasteiger partial charge in [0.1, 0.15) is 5.69 Å². The summed E-state index contributed by atoms with van der Waals surface area (Å²) in [7, 11) is 0. The number of rotatable bonds is 3. The molecule has 0 saturated heterocycles. The first-order valence-electron chi connectivity index (χ1n) is 7.81. The highest BCUT2D eigenvalue weighted by molar-refractivity contribution is 5.85. The highest BCUT2D eigenvalue weighted by atomic mass is 16.1. The van der Waals surface area contributed by atoms with E-state index in [0.29, 0.717) is 11.6 Å². The van der Waals surface area contributed by atoms with Gasteiger partial charge in [0.15, 0.2) is 6.29 Å². The van der Waals surface area contributed by atoms with E-state index in [-0.39, 0.29) is 0 Å². The molecule has 1 aliphatic carbocycles. The molecule has 1 aliphatic rings. The molecule has 21 heavy (non-hydrogen) atoms. The highest BCUT2D eigenvalue weighted by Crippen LogP contribution is 2.30. The number of hydrogen-bond acceptors (Lipinski definition) is 2. The fraction of sp³-hybridized carbons (Fsp3) is 0.444. The third-order valence-electron chi connectivity index (χ3n) is 4.62. The van der Waals surface area contributed by atoms with Crippen LogP contribution in [-0.2, 0) is 0 Å². The molecule has 0 amide bonds. The van der Waals surface area contributed by atoms with Gasteiger partial charge < -0.3 is 0 Å². The number of aromatic nitrogens is 2. The Labute approximate surface area is 126 Å². The SMILES string of the molecule is Cc1ccc(-c2nn(C3CCCCC3)cc2C=O)cc1C. The van der Waals surface area contributed by atoms with Crippen LogP contribution in [0.2, 0.25) is 0 Å². The van der Waals surface area contributed by atoms with Crippen LogP contribution in [0.1, 0.15) is 59.6 Å². The molecular formula is C18H22N2O. The molecule has 0 spiro atoms. The van der Waals surface area contributed by atoms with Gasteiger partial charge in [-0.15, -0.1) is 0 Å². The quantitative estimate of drug-likeness (QED) is 0.778. The van der Waals surface area contributed by atoms with Gasteiger partial charge in [-0.3, -0.25) is 9.48 Å². The molecule has 0 aliphatic heterocycles. The standard InChI is InChI=1S/C18H22N2O/c1-13-8-9-15(10-14(13)2)18-16(12-21)11-20(19-18)17-6-4-3-5-7-17/h8-12,17H,3-7H2,1-2H3. The fourth-order valence-corrected chi connectivity index (χ4v) is 3.14. The van der Waals surface area contributed by atoms with Crippen LogP contribution < -0.4 is 0 Å². The predicted octanol–water partition coefficient (Wildman–Crippen LogP) is 4.48. The normalized spacial score (nSPS) is 16.1. The van der Waals surface area contributed by atoms with E-state index in [1.807, 2.05) is 10.9 Å². The maximum Gasteiger partial charge on any atom is 0.153 e. The van der Waals surface area contributed by atoms with Crippen molar-refractivity contribution >= 4 is 6.29 Å². The number of aldehydes is 1. The lowest BCUT2D eigenvalue weighted by Crippen LogP contribution is -2.13. The molecule has 0 N–H and O–H groups in total. The van der Waals surface area contributed by atoms with Gasteiger partial charge in [0, 0.05) is 11.8 Å². The number of carbonyl (C=O) groups is 1. The lowest BCUT2D eigenvalue weighted by molar-refractivity contribution is 0.112. The molecule has 0 atom stereocenters. The van der Waals surface area contributed by atoms with Gasteiger partial charge in [-0.05, 0) is 43.9 Å². The van der Waals surface area contributed by atoms with Crippen LogP contribution in [0.15, 0.2) is 24.4 Å². The van der Waals surface area contributed by atoms with E-state index in [1.165, 1.54) is 43.2 Å². The van der Waals surface area contributed by atoms with E-state index in [0.717, 1.165) is 17.5 Å². The Bertz CT molecular complexity index is 651. The molecule has 3 rings (SSSR count). The van der Waals surface area contributed by atoms with Gasteiger partial charge in [0.2, 0.25) is 0 Å². The Balaban J connectivity index is 1.99. The van der Waals surface area contributed by atoms with Crippen LogP contribution in [-0.4, -0.2) is 16.1 Å². The molecule has 1 aromatic heterocycles. The second-order valence-corrected chi connectivity index (χ2v) is 6.12. The lowest BCUT2D eigenvalue weighted by atomic mass is 9.96. The Morgan fingerprint density at radius 3 is 2.57 bits per heavy atom. The summed E-state index contributed by atoms with van der Waals surface area (Å²) in [6, 6.07) is 6.73. The van der Waals surface area contributed by atoms with Gasteiger partial charge in [-0.25, -0.2) is 0 Å². The van der Waals surface area contributed by atoms with Crippen molar-refractivity contribution in [3.05, 3.63) is 41.1 Å². The van der Waals surface area contributed by atoms with Crippen LogP contribution in [0.5, 0.6) is 0 Å². The van der Waals surface area contributed by atoms with Crippen LogP contribution >= 0.6 is 0 Å². The first kappa shape index (κ1) is 14.1. The third-order valence-corrected chi connectivity index (χ3v) is 4.62. The summed E-state index contributed by atoms with van der Waals surface area (Å²) in [6.07, 6.45) is 9.05. The van der Waals surface area contributed by atoms with Crippen molar-refractivity contribution in [1.29, 1.82) is 0 Å². The maximum atomic E-state index is 11.4. The Kier molecular flexibility index (Phi) is 3.91. The van der Waals surface area contributed by atoms with Gasteiger partial charge in [-0.2, -0.15) is 5.10 Å². The van der Waals surface area contributed by atoms with E-state index in [1.54, 1.807) is 0 Å². The number of carbonyl (C=O) groups excluding carboxylic acids is 1. The Hall–Kier alpha value is -1.90. The van der Waals surface area contributed by atoms with Crippen LogP contribution in [0.4, 0.5) is 0 Å². The molecule has 1 fully saturated rings. The molecule has 0 bridgehead atoms. The molecule has 1 heterocycles. The van der Waals surface area contributed by atoms with Crippen molar-refractivity contribution in [2.45, 2.75) is 52.0 Å². The zero-order valence-electron chi connectivity index (χ0n) is 12.8. The summed E-state index contributed by atoms with van der Waals surface area (Å²) in [5.41, 5.74) is 5.05. The Morgan fingerprint density at radius 1 is 1.14 bits per heavy atom. The van der Waals surface area contributed by atoms with E-state index < -0.39 is 0 Å². The average molecular weight is 282 g/mol. The van der Waals surface area contributed by atoms with Crippen molar-refractivity contribution < 1.29 is 4.79 Å². The Morgan fingerprint density at radius 2 is 1.90 bits per heavy atom. The predicted molar refractivity (Wildman–Crippen MR) is 84.6 cm³/mol. The summed E-state index contributed by atoms with van der Waals surface area (Å²) in [5.74, 6) is 0. The number of benzene rings is 1. The van der Waals surface area contributed by atoms with E-state index in [4.69, 9.17) is 5.10 Å². The number of nitrogens with zero attached hydrogens (tertiary/aromatic N) is 2. The molecule has 2 aromatic rings. The summed E-state index contributed by atoms with van der Waals surface area (Å²) in [6.45, 7) is 4.19. The molecular weight excluding hydrogens is 260 g/mol. The molecule has 0 unspecified atom stereocenters. The van der Waals surface area contributed by atoms with Crippen molar-refractivity contribution in [1.82, 2.24) is 9.78 Å². The van der Waals surface area contributed by atoms with Gasteiger partial charge in [0.25, 0.3) is 0 Å².